The molecule has 0 amide bonds. The lowest BCUT2D eigenvalue weighted by Gasteiger charge is -2.18. The molecule has 1 unspecified atom stereocenters. The second-order valence-corrected chi connectivity index (χ2v) is 20.2. The van der Waals surface area contributed by atoms with Gasteiger partial charge in [0.2, 0.25) is 0 Å². The number of hydrogen-bond donors (Lipinski definition) is 0. The van der Waals surface area contributed by atoms with Crippen molar-refractivity contribution < 1.29 is 28.6 Å². The Morgan fingerprint density at radius 3 is 0.870 bits per heavy atom. The van der Waals surface area contributed by atoms with Gasteiger partial charge in [0.25, 0.3) is 0 Å². The summed E-state index contributed by atoms with van der Waals surface area (Å²) in [5.41, 5.74) is 0. The van der Waals surface area contributed by atoms with E-state index in [1.165, 1.54) is 96.3 Å². The predicted molar refractivity (Wildman–Crippen MR) is 334 cm³/mol. The first kappa shape index (κ1) is 72.3. The van der Waals surface area contributed by atoms with Crippen LogP contribution in [0.25, 0.3) is 0 Å². The van der Waals surface area contributed by atoms with E-state index in [4.69, 9.17) is 14.2 Å². The summed E-state index contributed by atoms with van der Waals surface area (Å²) in [7, 11) is 0. The van der Waals surface area contributed by atoms with Crippen LogP contribution < -0.4 is 0 Å². The summed E-state index contributed by atoms with van der Waals surface area (Å²) in [6.45, 7) is 6.31. The van der Waals surface area contributed by atoms with Crippen LogP contribution in [0.3, 0.4) is 0 Å². The van der Waals surface area contributed by atoms with Crippen LogP contribution in [0.5, 0.6) is 0 Å². The maximum absolute atomic E-state index is 12.9. The lowest BCUT2D eigenvalue weighted by Crippen LogP contribution is -2.30. The Balaban J connectivity index is 4.36. The zero-order valence-corrected chi connectivity index (χ0v) is 49.7. The summed E-state index contributed by atoms with van der Waals surface area (Å²) in [5, 5.41) is 0. The molecule has 0 N–H and O–H groups in total. The summed E-state index contributed by atoms with van der Waals surface area (Å²) < 4.78 is 16.8. The van der Waals surface area contributed by atoms with Gasteiger partial charge in [0, 0.05) is 19.3 Å². The highest BCUT2D eigenvalue weighted by Gasteiger charge is 2.19. The highest BCUT2D eigenvalue weighted by molar-refractivity contribution is 5.71. The minimum Gasteiger partial charge on any atom is -0.462 e. The van der Waals surface area contributed by atoms with Crippen molar-refractivity contribution in [3.63, 3.8) is 0 Å². The molecule has 0 radical (unpaired) electrons. The van der Waals surface area contributed by atoms with E-state index in [0.717, 1.165) is 122 Å². The summed E-state index contributed by atoms with van der Waals surface area (Å²) >= 11 is 0. The highest BCUT2D eigenvalue weighted by atomic mass is 16.6. The molecule has 0 aliphatic rings. The van der Waals surface area contributed by atoms with E-state index in [1.807, 2.05) is 6.08 Å². The SMILES string of the molecule is CC/C=C\C/C=C\C/C=C\C/C=C\C/C=C\C/C=C\CCCCCCCCCCCCC(=O)OCC(COC(=O)CC/C=C\C/C=C\C/C=C\C/C=C\CC)OC(=O)CCCCCCCCC/C=C\C/C=C\CCCCC. The first-order valence-corrected chi connectivity index (χ1v) is 31.3. The van der Waals surface area contributed by atoms with E-state index in [-0.39, 0.29) is 37.5 Å². The molecule has 0 bridgehead atoms. The van der Waals surface area contributed by atoms with Crippen molar-refractivity contribution in [2.75, 3.05) is 13.2 Å². The number of hydrogen-bond acceptors (Lipinski definition) is 6. The lowest BCUT2D eigenvalue weighted by atomic mass is 10.1. The van der Waals surface area contributed by atoms with Crippen molar-refractivity contribution in [2.24, 2.45) is 0 Å². The Hall–Kier alpha value is -4.71. The van der Waals surface area contributed by atoms with E-state index in [2.05, 4.69) is 161 Å². The molecule has 6 nitrogen and oxygen atoms in total. The van der Waals surface area contributed by atoms with E-state index < -0.39 is 6.10 Å². The van der Waals surface area contributed by atoms with Gasteiger partial charge in [-0.2, -0.15) is 0 Å². The Morgan fingerprint density at radius 1 is 0.273 bits per heavy atom. The van der Waals surface area contributed by atoms with Gasteiger partial charge in [0.1, 0.15) is 13.2 Å². The molecule has 0 aromatic rings. The van der Waals surface area contributed by atoms with Crippen molar-refractivity contribution in [1.82, 2.24) is 0 Å². The van der Waals surface area contributed by atoms with Crippen LogP contribution in [-0.2, 0) is 28.6 Å². The van der Waals surface area contributed by atoms with Gasteiger partial charge >= 0.3 is 17.9 Å². The van der Waals surface area contributed by atoms with Gasteiger partial charge in [-0.15, -0.1) is 0 Å². The average Bonchev–Trinajstić information content (AvgIpc) is 3.43. The number of carbonyl (C=O) groups is 3. The smallest absolute Gasteiger partial charge is 0.306 e. The second-order valence-electron chi connectivity index (χ2n) is 20.2. The van der Waals surface area contributed by atoms with Crippen molar-refractivity contribution in [2.45, 2.75) is 271 Å². The molecule has 0 saturated heterocycles. The van der Waals surface area contributed by atoms with Crippen LogP contribution in [0.15, 0.2) is 146 Å². The van der Waals surface area contributed by atoms with Crippen LogP contribution in [0.1, 0.15) is 265 Å². The number of allylic oxidation sites excluding steroid dienone is 24. The molecule has 0 aromatic heterocycles. The van der Waals surface area contributed by atoms with Crippen molar-refractivity contribution in [3.8, 4) is 0 Å². The molecule has 0 aliphatic heterocycles. The Kier molecular flexibility index (Phi) is 59.9. The van der Waals surface area contributed by atoms with Crippen molar-refractivity contribution >= 4 is 17.9 Å². The molecule has 0 rings (SSSR count). The van der Waals surface area contributed by atoms with Gasteiger partial charge in [0.15, 0.2) is 6.10 Å². The average molecular weight is 1060 g/mol. The third-order valence-electron chi connectivity index (χ3n) is 12.8. The van der Waals surface area contributed by atoms with Gasteiger partial charge in [-0.05, 0) is 128 Å². The Bertz CT molecular complexity index is 1700. The molecule has 0 heterocycles. The fourth-order valence-electron chi connectivity index (χ4n) is 8.20. The largest absolute Gasteiger partial charge is 0.462 e. The number of rotatable bonds is 55. The molecule has 77 heavy (non-hydrogen) atoms. The lowest BCUT2D eigenvalue weighted by molar-refractivity contribution is -0.166. The Labute approximate surface area is 474 Å². The first-order valence-electron chi connectivity index (χ1n) is 31.3. The number of ether oxygens (including phenoxy) is 3. The van der Waals surface area contributed by atoms with Crippen LogP contribution in [0.4, 0.5) is 0 Å². The normalized spacial score (nSPS) is 13.1. The van der Waals surface area contributed by atoms with E-state index >= 15 is 0 Å². The first-order chi connectivity index (χ1) is 38.0. The molecule has 434 valence electrons. The number of esters is 3. The summed E-state index contributed by atoms with van der Waals surface area (Å²) in [5.74, 6) is -1.01. The molecule has 1 atom stereocenters. The zero-order chi connectivity index (χ0) is 55.7. The molecule has 0 saturated carbocycles. The van der Waals surface area contributed by atoms with Gasteiger partial charge in [-0.1, -0.05) is 263 Å². The van der Waals surface area contributed by atoms with Gasteiger partial charge in [0.05, 0.1) is 0 Å². The number of unbranched alkanes of at least 4 members (excludes halogenated alkanes) is 20. The molecule has 0 spiro atoms. The third kappa shape index (κ3) is 62.0. The molecular formula is C71H114O6. The maximum atomic E-state index is 12.9. The minimum absolute atomic E-state index is 0.110. The molecular weight excluding hydrogens is 949 g/mol. The standard InChI is InChI=1S/C71H114O6/c1-4-7-10-13-16-19-22-25-27-29-30-31-32-33-34-35-36-37-38-39-40-42-43-46-49-52-55-58-61-64-70(73)76-67-68(66-75-69(72)63-60-57-54-51-48-45-24-21-18-15-12-9-6-3)77-71(74)65-62-59-56-53-50-47-44-41-28-26-23-20-17-14-11-8-5-2/h7,9-10,12,16-21,25-28,30-31,33-34,36-37,45,48,54,57,68H,4-6,8,11,13-15,22-24,29,32,35,38-44,46-47,49-53,55-56,58-67H2,1-3H3/b10-7-,12-9-,19-16-,20-17-,21-18-,27-25-,28-26-,31-30-,34-33-,37-36-,48-45-,57-54-. The fourth-order valence-corrected chi connectivity index (χ4v) is 8.20. The topological polar surface area (TPSA) is 78.9 Å². The van der Waals surface area contributed by atoms with Crippen LogP contribution in [0.2, 0.25) is 0 Å². The minimum atomic E-state index is -0.819. The van der Waals surface area contributed by atoms with Crippen molar-refractivity contribution in [3.05, 3.63) is 146 Å². The maximum Gasteiger partial charge on any atom is 0.306 e. The van der Waals surface area contributed by atoms with E-state index in [9.17, 15) is 14.4 Å². The van der Waals surface area contributed by atoms with Gasteiger partial charge < -0.3 is 14.2 Å². The fraction of sp³-hybridized carbons (Fsp3) is 0.620. The zero-order valence-electron chi connectivity index (χ0n) is 49.7. The monoisotopic (exact) mass is 1060 g/mol. The van der Waals surface area contributed by atoms with Crippen LogP contribution >= 0.6 is 0 Å². The highest BCUT2D eigenvalue weighted by Crippen LogP contribution is 2.15. The van der Waals surface area contributed by atoms with Gasteiger partial charge in [-0.25, -0.2) is 0 Å². The summed E-state index contributed by atoms with van der Waals surface area (Å²) in [6, 6.07) is 0. The molecule has 0 aliphatic carbocycles. The van der Waals surface area contributed by atoms with E-state index in [0.29, 0.717) is 19.3 Å². The Morgan fingerprint density at radius 2 is 0.532 bits per heavy atom. The van der Waals surface area contributed by atoms with Crippen LogP contribution in [-0.4, -0.2) is 37.2 Å². The van der Waals surface area contributed by atoms with Gasteiger partial charge in [-0.3, -0.25) is 14.4 Å². The third-order valence-corrected chi connectivity index (χ3v) is 12.8. The molecule has 0 aromatic carbocycles. The molecule has 6 heteroatoms. The van der Waals surface area contributed by atoms with Crippen LogP contribution in [0, 0.1) is 0 Å². The number of carbonyl (C=O) groups excluding carboxylic acids is 3. The predicted octanol–water partition coefficient (Wildman–Crippen LogP) is 21.5. The molecule has 0 fully saturated rings. The summed E-state index contributed by atoms with van der Waals surface area (Å²) in [4.78, 5) is 38.2. The van der Waals surface area contributed by atoms with E-state index in [1.54, 1.807) is 0 Å². The van der Waals surface area contributed by atoms with Crippen molar-refractivity contribution in [1.29, 1.82) is 0 Å². The second kappa shape index (κ2) is 63.8. The quantitative estimate of drug-likeness (QED) is 0.0261. The summed E-state index contributed by atoms with van der Waals surface area (Å²) in [6.07, 6.45) is 91.5.